The molecule has 4 N–H and O–H groups in total. The number of halogens is 2. The number of amides is 1. The number of aromatic nitrogens is 3. The van der Waals surface area contributed by atoms with Crippen LogP contribution < -0.4 is 11.1 Å². The molecule has 4 rings (SSSR count). The summed E-state index contributed by atoms with van der Waals surface area (Å²) in [7, 11) is 1.76. The molecule has 4 aromatic rings. The van der Waals surface area contributed by atoms with Crippen molar-refractivity contribution in [2.75, 3.05) is 11.1 Å². The second-order valence-corrected chi connectivity index (χ2v) is 6.75. The molecule has 0 fully saturated rings. The standard InChI is InChI=1S/C21H17F2N5O2/c1-28-9-15(17-19(24)25-10-26-20(17)28)14-6-5-13(8-16(14)23)27-21(30)18(29)11-3-2-4-12(22)7-11/h2-10,18,29H,1H3,(H,27,30)(H2,24,25,26)/t18-/m1/s1. The van der Waals surface area contributed by atoms with Gasteiger partial charge in [0.05, 0.1) is 5.39 Å². The molecule has 1 atom stereocenters. The molecule has 0 saturated carbocycles. The van der Waals surface area contributed by atoms with Gasteiger partial charge in [-0.3, -0.25) is 4.79 Å². The Morgan fingerprint density at radius 1 is 1.17 bits per heavy atom. The van der Waals surface area contributed by atoms with E-state index < -0.39 is 23.6 Å². The minimum Gasteiger partial charge on any atom is -0.383 e. The van der Waals surface area contributed by atoms with Gasteiger partial charge in [-0.2, -0.15) is 0 Å². The number of carbonyl (C=O) groups excluding carboxylic acids is 1. The zero-order chi connectivity index (χ0) is 21.4. The predicted octanol–water partition coefficient (Wildman–Crippen LogP) is 3.17. The van der Waals surface area contributed by atoms with Gasteiger partial charge in [-0.1, -0.05) is 12.1 Å². The first-order chi connectivity index (χ1) is 14.3. The third-order valence-electron chi connectivity index (χ3n) is 4.72. The van der Waals surface area contributed by atoms with Crippen LogP contribution in [0.1, 0.15) is 11.7 Å². The Labute approximate surface area is 169 Å². The van der Waals surface area contributed by atoms with Crippen LogP contribution in [0.3, 0.4) is 0 Å². The van der Waals surface area contributed by atoms with Crippen molar-refractivity contribution in [2.24, 2.45) is 7.05 Å². The number of nitrogens with two attached hydrogens (primary N) is 1. The van der Waals surface area contributed by atoms with Gasteiger partial charge in [-0.25, -0.2) is 18.7 Å². The van der Waals surface area contributed by atoms with E-state index in [1.54, 1.807) is 17.8 Å². The number of aliphatic hydroxyl groups is 1. The van der Waals surface area contributed by atoms with Gasteiger partial charge in [0, 0.05) is 30.1 Å². The number of anilines is 2. The van der Waals surface area contributed by atoms with Gasteiger partial charge in [0.25, 0.3) is 5.91 Å². The minimum absolute atomic E-state index is 0.0934. The number of benzene rings is 2. The van der Waals surface area contributed by atoms with Gasteiger partial charge < -0.3 is 20.7 Å². The monoisotopic (exact) mass is 409 g/mol. The number of hydrogen-bond acceptors (Lipinski definition) is 5. The van der Waals surface area contributed by atoms with Crippen molar-refractivity contribution < 1.29 is 18.7 Å². The van der Waals surface area contributed by atoms with Crippen LogP contribution in [0.5, 0.6) is 0 Å². The first-order valence-electron chi connectivity index (χ1n) is 8.95. The molecule has 2 aromatic heterocycles. The highest BCUT2D eigenvalue weighted by Gasteiger charge is 2.20. The van der Waals surface area contributed by atoms with Crippen LogP contribution in [0.25, 0.3) is 22.2 Å². The predicted molar refractivity (Wildman–Crippen MR) is 108 cm³/mol. The first kappa shape index (κ1) is 19.5. The number of nitrogen functional groups attached to an aromatic ring is 1. The van der Waals surface area contributed by atoms with Crippen LogP contribution in [0.4, 0.5) is 20.3 Å². The molecule has 2 aromatic carbocycles. The van der Waals surface area contributed by atoms with E-state index in [0.717, 1.165) is 12.1 Å². The summed E-state index contributed by atoms with van der Waals surface area (Å²) < 4.78 is 29.9. The van der Waals surface area contributed by atoms with Crippen LogP contribution in [0.2, 0.25) is 0 Å². The van der Waals surface area contributed by atoms with Gasteiger partial charge in [0.2, 0.25) is 0 Å². The van der Waals surface area contributed by atoms with E-state index in [9.17, 15) is 18.7 Å². The average molecular weight is 409 g/mol. The zero-order valence-electron chi connectivity index (χ0n) is 15.8. The van der Waals surface area contributed by atoms with Gasteiger partial charge in [0.15, 0.2) is 6.10 Å². The van der Waals surface area contributed by atoms with Crippen molar-refractivity contribution in [1.29, 1.82) is 0 Å². The van der Waals surface area contributed by atoms with Crippen LogP contribution in [0, 0.1) is 11.6 Å². The minimum atomic E-state index is -1.60. The van der Waals surface area contributed by atoms with Crippen molar-refractivity contribution in [2.45, 2.75) is 6.10 Å². The molecule has 30 heavy (non-hydrogen) atoms. The number of hydrogen-bond donors (Lipinski definition) is 3. The number of rotatable bonds is 4. The molecule has 0 radical (unpaired) electrons. The highest BCUT2D eigenvalue weighted by Crippen LogP contribution is 2.34. The van der Waals surface area contributed by atoms with E-state index in [1.165, 1.54) is 36.7 Å². The Hall–Kier alpha value is -3.85. The highest BCUT2D eigenvalue weighted by atomic mass is 19.1. The molecule has 9 heteroatoms. The van der Waals surface area contributed by atoms with Crippen LogP contribution in [-0.2, 0) is 11.8 Å². The van der Waals surface area contributed by atoms with Gasteiger partial charge in [-0.05, 0) is 35.9 Å². The fraction of sp³-hybridized carbons (Fsp3) is 0.0952. The molecular weight excluding hydrogens is 392 g/mol. The molecule has 152 valence electrons. The maximum atomic E-state index is 14.9. The zero-order valence-corrected chi connectivity index (χ0v) is 15.8. The Kier molecular flexibility index (Phi) is 4.88. The lowest BCUT2D eigenvalue weighted by molar-refractivity contribution is -0.124. The first-order valence-corrected chi connectivity index (χ1v) is 8.95. The lowest BCUT2D eigenvalue weighted by atomic mass is 10.0. The number of nitrogens with zero attached hydrogens (tertiary/aromatic N) is 3. The summed E-state index contributed by atoms with van der Waals surface area (Å²) in [5.41, 5.74) is 7.52. The van der Waals surface area contributed by atoms with Crippen molar-refractivity contribution in [3.63, 3.8) is 0 Å². The molecular formula is C21H17F2N5O2. The normalized spacial score (nSPS) is 12.1. The van der Waals surface area contributed by atoms with Gasteiger partial charge in [-0.15, -0.1) is 0 Å². The molecule has 0 bridgehead atoms. The number of aryl methyl sites for hydroxylation is 1. The summed E-state index contributed by atoms with van der Waals surface area (Å²) >= 11 is 0. The van der Waals surface area contributed by atoms with Crippen molar-refractivity contribution in [1.82, 2.24) is 14.5 Å². The maximum Gasteiger partial charge on any atom is 0.257 e. The summed E-state index contributed by atoms with van der Waals surface area (Å²) in [6.45, 7) is 0. The molecule has 2 heterocycles. The molecule has 0 aliphatic rings. The fourth-order valence-corrected chi connectivity index (χ4v) is 3.29. The summed E-state index contributed by atoms with van der Waals surface area (Å²) in [5, 5.41) is 13.1. The van der Waals surface area contributed by atoms with Crippen LogP contribution >= 0.6 is 0 Å². The second kappa shape index (κ2) is 7.53. The number of carbonyl (C=O) groups is 1. The molecule has 0 aliphatic heterocycles. The molecule has 0 saturated heterocycles. The van der Waals surface area contributed by atoms with Crippen LogP contribution in [-0.4, -0.2) is 25.5 Å². The van der Waals surface area contributed by atoms with E-state index in [-0.39, 0.29) is 22.6 Å². The highest BCUT2D eigenvalue weighted by molar-refractivity contribution is 6.01. The van der Waals surface area contributed by atoms with Crippen molar-refractivity contribution in [3.8, 4) is 11.1 Å². The van der Waals surface area contributed by atoms with Gasteiger partial charge in [0.1, 0.15) is 29.4 Å². The van der Waals surface area contributed by atoms with E-state index in [0.29, 0.717) is 16.6 Å². The molecule has 0 unspecified atom stereocenters. The van der Waals surface area contributed by atoms with Crippen molar-refractivity contribution >= 4 is 28.4 Å². The third kappa shape index (κ3) is 3.46. The van der Waals surface area contributed by atoms with E-state index in [4.69, 9.17) is 5.73 Å². The van der Waals surface area contributed by atoms with E-state index in [2.05, 4.69) is 15.3 Å². The summed E-state index contributed by atoms with van der Waals surface area (Å²) in [6, 6.07) is 9.17. The summed E-state index contributed by atoms with van der Waals surface area (Å²) in [6.07, 6.45) is 1.43. The van der Waals surface area contributed by atoms with Gasteiger partial charge >= 0.3 is 0 Å². The van der Waals surface area contributed by atoms with Crippen LogP contribution in [0.15, 0.2) is 55.0 Å². The molecule has 1 amide bonds. The fourth-order valence-electron chi connectivity index (χ4n) is 3.29. The molecule has 0 aliphatic carbocycles. The second-order valence-electron chi connectivity index (χ2n) is 6.75. The Balaban J connectivity index is 1.62. The lowest BCUT2D eigenvalue weighted by Crippen LogP contribution is -2.21. The molecule has 0 spiro atoms. The smallest absolute Gasteiger partial charge is 0.257 e. The summed E-state index contributed by atoms with van der Waals surface area (Å²) in [5.74, 6) is -1.77. The molecule has 7 nitrogen and oxygen atoms in total. The Morgan fingerprint density at radius 2 is 1.97 bits per heavy atom. The summed E-state index contributed by atoms with van der Waals surface area (Å²) in [4.78, 5) is 20.4. The SMILES string of the molecule is Cn1cc(-c2ccc(NC(=O)[C@H](O)c3cccc(F)c3)cc2F)c2c(N)ncnc21. The number of nitrogens with one attached hydrogen (secondary N) is 1. The Bertz CT molecular complexity index is 1270. The number of aliphatic hydroxyl groups excluding tert-OH is 1. The third-order valence-corrected chi connectivity index (χ3v) is 4.72. The van der Waals surface area contributed by atoms with E-state index >= 15 is 0 Å². The Morgan fingerprint density at radius 3 is 2.70 bits per heavy atom. The maximum absolute atomic E-state index is 14.9. The van der Waals surface area contributed by atoms with E-state index in [1.807, 2.05) is 0 Å². The topological polar surface area (TPSA) is 106 Å². The average Bonchev–Trinajstić information content (AvgIpc) is 3.05. The number of fused-ring (bicyclic) bond motifs is 1. The largest absolute Gasteiger partial charge is 0.383 e. The lowest BCUT2D eigenvalue weighted by Gasteiger charge is -2.13. The van der Waals surface area contributed by atoms with Crippen molar-refractivity contribution in [3.05, 3.63) is 72.2 Å². The quantitative estimate of drug-likeness (QED) is 0.480.